The molecule has 3 rings (SSSR count). The van der Waals surface area contributed by atoms with Gasteiger partial charge in [-0.2, -0.15) is 9.40 Å². The van der Waals surface area contributed by atoms with Crippen molar-refractivity contribution in [2.75, 3.05) is 26.8 Å². The predicted molar refractivity (Wildman–Crippen MR) is 99.0 cm³/mol. The molecule has 27 heavy (non-hydrogen) atoms. The highest BCUT2D eigenvalue weighted by atomic mass is 32.2. The summed E-state index contributed by atoms with van der Waals surface area (Å²) in [6.07, 6.45) is 4.17. The van der Waals surface area contributed by atoms with Crippen molar-refractivity contribution in [2.45, 2.75) is 43.7 Å². The number of rotatable bonds is 7. The summed E-state index contributed by atoms with van der Waals surface area (Å²) in [5.41, 5.74) is -0.144. The van der Waals surface area contributed by atoms with E-state index >= 15 is 0 Å². The van der Waals surface area contributed by atoms with Gasteiger partial charge in [0.25, 0.3) is 0 Å². The molecule has 148 valence electrons. The van der Waals surface area contributed by atoms with Crippen LogP contribution < -0.4 is 5.69 Å². The molecule has 0 saturated carbocycles. The molecule has 10 heteroatoms. The molecule has 2 aromatic rings. The second kappa shape index (κ2) is 8.32. The second-order valence-corrected chi connectivity index (χ2v) is 8.41. The smallest absolute Gasteiger partial charge is 0.345 e. The van der Waals surface area contributed by atoms with E-state index in [9.17, 15) is 13.2 Å². The van der Waals surface area contributed by atoms with Gasteiger partial charge in [-0.05, 0) is 31.9 Å². The molecule has 1 saturated heterocycles. The topological polar surface area (TPSA) is 99.3 Å². The fraction of sp³-hybridized carbons (Fsp3) is 0.588. The van der Waals surface area contributed by atoms with Crippen LogP contribution in [0.1, 0.15) is 31.5 Å². The van der Waals surface area contributed by atoms with Gasteiger partial charge in [0.1, 0.15) is 10.7 Å². The average Bonchev–Trinajstić information content (AvgIpc) is 3.02. The molecule has 0 N–H and O–H groups in total. The molecular formula is C17H25N5O4S. The van der Waals surface area contributed by atoms with Crippen LogP contribution >= 0.6 is 0 Å². The number of aromatic nitrogens is 4. The van der Waals surface area contributed by atoms with E-state index in [1.807, 2.05) is 6.92 Å². The fourth-order valence-electron chi connectivity index (χ4n) is 3.38. The molecule has 0 spiro atoms. The minimum Gasteiger partial charge on any atom is -0.383 e. The first-order valence-electron chi connectivity index (χ1n) is 9.05. The molecule has 0 unspecified atom stereocenters. The Morgan fingerprint density at radius 2 is 2.04 bits per heavy atom. The van der Waals surface area contributed by atoms with Crippen LogP contribution in [-0.2, 0) is 27.8 Å². The molecule has 0 amide bonds. The van der Waals surface area contributed by atoms with E-state index in [4.69, 9.17) is 4.74 Å². The summed E-state index contributed by atoms with van der Waals surface area (Å²) in [6.45, 7) is 4.06. The first-order chi connectivity index (χ1) is 13.0. The number of hydrogen-bond acceptors (Lipinski definition) is 6. The number of sulfonamides is 1. The van der Waals surface area contributed by atoms with Crippen LogP contribution in [0.15, 0.2) is 34.2 Å². The second-order valence-electron chi connectivity index (χ2n) is 6.47. The van der Waals surface area contributed by atoms with Gasteiger partial charge in [0.2, 0.25) is 10.0 Å². The number of pyridine rings is 1. The van der Waals surface area contributed by atoms with Crippen LogP contribution in [0, 0.1) is 0 Å². The first kappa shape index (κ1) is 19.7. The Labute approximate surface area is 158 Å². The molecule has 1 aliphatic heterocycles. The minimum absolute atomic E-state index is 0.0572. The van der Waals surface area contributed by atoms with Gasteiger partial charge < -0.3 is 4.74 Å². The summed E-state index contributed by atoms with van der Waals surface area (Å²) in [5.74, 6) is 0.791. The van der Waals surface area contributed by atoms with E-state index in [0.717, 1.165) is 5.82 Å². The molecular weight excluding hydrogens is 370 g/mol. The summed E-state index contributed by atoms with van der Waals surface area (Å²) in [4.78, 5) is 16.6. The van der Waals surface area contributed by atoms with Gasteiger partial charge in [0.05, 0.1) is 13.2 Å². The van der Waals surface area contributed by atoms with E-state index in [1.54, 1.807) is 30.0 Å². The Morgan fingerprint density at radius 1 is 1.30 bits per heavy atom. The van der Waals surface area contributed by atoms with Crippen LogP contribution in [-0.4, -0.2) is 58.9 Å². The van der Waals surface area contributed by atoms with Crippen molar-refractivity contribution in [2.24, 2.45) is 0 Å². The zero-order valence-corrected chi connectivity index (χ0v) is 16.4. The third-order valence-electron chi connectivity index (χ3n) is 4.87. The molecule has 9 nitrogen and oxygen atoms in total. The Kier molecular flexibility index (Phi) is 6.08. The van der Waals surface area contributed by atoms with Crippen LogP contribution in [0.4, 0.5) is 0 Å². The Bertz CT molecular complexity index is 915. The first-order valence-corrected chi connectivity index (χ1v) is 10.5. The molecule has 1 aliphatic rings. The van der Waals surface area contributed by atoms with Crippen molar-refractivity contribution in [3.05, 3.63) is 40.8 Å². The molecule has 0 aromatic carbocycles. The van der Waals surface area contributed by atoms with E-state index in [0.29, 0.717) is 45.6 Å². The average molecular weight is 395 g/mol. The maximum absolute atomic E-state index is 12.7. The number of piperidine rings is 1. The minimum atomic E-state index is -3.54. The standard InChI is InChI=1S/C17H25N5O4S/c1-3-21-16(19-22(17(21)23)11-12-26-2)14-6-9-20(10-7-14)27(24,25)15-5-4-8-18-13-15/h4-5,8,13-14H,3,6-7,9-12H2,1-2H3. The highest BCUT2D eigenvalue weighted by Gasteiger charge is 2.32. The van der Waals surface area contributed by atoms with Crippen LogP contribution in [0.3, 0.4) is 0 Å². The Hall–Kier alpha value is -2.04. The van der Waals surface area contributed by atoms with Crippen molar-refractivity contribution in [3.8, 4) is 0 Å². The summed E-state index contributed by atoms with van der Waals surface area (Å²) in [6, 6.07) is 3.17. The molecule has 0 radical (unpaired) electrons. The molecule has 0 bridgehead atoms. The highest BCUT2D eigenvalue weighted by molar-refractivity contribution is 7.89. The van der Waals surface area contributed by atoms with E-state index < -0.39 is 10.0 Å². The number of hydrogen-bond donors (Lipinski definition) is 0. The van der Waals surface area contributed by atoms with Gasteiger partial charge >= 0.3 is 5.69 Å². The molecule has 1 fully saturated rings. The molecule has 2 aromatic heterocycles. The largest absolute Gasteiger partial charge is 0.383 e. The van der Waals surface area contributed by atoms with Gasteiger partial charge in [-0.3, -0.25) is 9.55 Å². The summed E-state index contributed by atoms with van der Waals surface area (Å²) in [7, 11) is -1.95. The van der Waals surface area contributed by atoms with Crippen LogP contribution in [0.25, 0.3) is 0 Å². The quantitative estimate of drug-likeness (QED) is 0.683. The van der Waals surface area contributed by atoms with Crippen molar-refractivity contribution in [1.82, 2.24) is 23.6 Å². The van der Waals surface area contributed by atoms with Crippen LogP contribution in [0.5, 0.6) is 0 Å². The highest BCUT2D eigenvalue weighted by Crippen LogP contribution is 2.29. The molecule has 0 atom stereocenters. The number of methoxy groups -OCH3 is 1. The van der Waals surface area contributed by atoms with Crippen molar-refractivity contribution < 1.29 is 13.2 Å². The maximum Gasteiger partial charge on any atom is 0.345 e. The van der Waals surface area contributed by atoms with E-state index in [1.165, 1.54) is 15.2 Å². The zero-order valence-electron chi connectivity index (χ0n) is 15.6. The maximum atomic E-state index is 12.7. The lowest BCUT2D eigenvalue weighted by atomic mass is 9.97. The van der Waals surface area contributed by atoms with Crippen molar-refractivity contribution in [1.29, 1.82) is 0 Å². The SMILES string of the molecule is CCn1c(C2CCN(S(=O)(=O)c3cccnc3)CC2)nn(CCOC)c1=O. The molecule has 3 heterocycles. The van der Waals surface area contributed by atoms with Crippen molar-refractivity contribution in [3.63, 3.8) is 0 Å². The summed E-state index contributed by atoms with van der Waals surface area (Å²) in [5, 5.41) is 4.50. The lowest BCUT2D eigenvalue weighted by molar-refractivity contribution is 0.182. The van der Waals surface area contributed by atoms with Crippen LogP contribution in [0.2, 0.25) is 0 Å². The number of nitrogens with zero attached hydrogens (tertiary/aromatic N) is 5. The van der Waals surface area contributed by atoms with Gasteiger partial charge in [0.15, 0.2) is 0 Å². The summed E-state index contributed by atoms with van der Waals surface area (Å²) < 4.78 is 35.1. The Balaban J connectivity index is 1.75. The Morgan fingerprint density at radius 3 is 2.63 bits per heavy atom. The van der Waals surface area contributed by atoms with E-state index in [2.05, 4.69) is 10.1 Å². The third kappa shape index (κ3) is 3.97. The van der Waals surface area contributed by atoms with Gasteiger partial charge in [0, 0.05) is 45.1 Å². The van der Waals surface area contributed by atoms with Gasteiger partial charge in [-0.25, -0.2) is 17.9 Å². The van der Waals surface area contributed by atoms with Crippen molar-refractivity contribution >= 4 is 10.0 Å². The van der Waals surface area contributed by atoms with E-state index in [-0.39, 0.29) is 16.5 Å². The monoisotopic (exact) mass is 395 g/mol. The predicted octanol–water partition coefficient (Wildman–Crippen LogP) is 0.674. The lowest BCUT2D eigenvalue weighted by Gasteiger charge is -2.30. The third-order valence-corrected chi connectivity index (χ3v) is 6.75. The van der Waals surface area contributed by atoms with Gasteiger partial charge in [-0.15, -0.1) is 0 Å². The fourth-order valence-corrected chi connectivity index (χ4v) is 4.82. The zero-order chi connectivity index (χ0) is 19.4. The summed E-state index contributed by atoms with van der Waals surface area (Å²) >= 11 is 0. The van der Waals surface area contributed by atoms with Gasteiger partial charge in [-0.1, -0.05) is 0 Å². The number of ether oxygens (including phenoxy) is 1. The lowest BCUT2D eigenvalue weighted by Crippen LogP contribution is -2.38. The molecule has 0 aliphatic carbocycles. The normalized spacial score (nSPS) is 16.7.